The predicted molar refractivity (Wildman–Crippen MR) is 99.5 cm³/mol. The van der Waals surface area contributed by atoms with Gasteiger partial charge in [0.15, 0.2) is 11.5 Å². The fourth-order valence-corrected chi connectivity index (χ4v) is 2.71. The summed E-state index contributed by atoms with van der Waals surface area (Å²) in [5.74, 6) is -0.343. The number of phenols is 1. The number of aliphatic carboxylic acids is 1. The molecule has 1 heterocycles. The minimum Gasteiger partial charge on any atom is -0.508 e. The lowest BCUT2D eigenvalue weighted by Crippen LogP contribution is -2.21. The van der Waals surface area contributed by atoms with Gasteiger partial charge in [0, 0.05) is 23.7 Å². The summed E-state index contributed by atoms with van der Waals surface area (Å²) < 4.78 is 16.0. The van der Waals surface area contributed by atoms with Crippen molar-refractivity contribution in [3.8, 4) is 17.2 Å². The molecule has 0 aliphatic carbocycles. The van der Waals surface area contributed by atoms with Crippen LogP contribution >= 0.6 is 0 Å². The van der Waals surface area contributed by atoms with Gasteiger partial charge in [-0.15, -0.1) is 0 Å². The molecule has 0 fully saturated rings. The maximum Gasteiger partial charge on any atom is 0.412 e. The minimum atomic E-state index is -1.10. The molecule has 3 N–H and O–H groups in total. The molecule has 1 amide bonds. The van der Waals surface area contributed by atoms with E-state index in [0.717, 1.165) is 6.08 Å². The van der Waals surface area contributed by atoms with Crippen LogP contribution in [0.1, 0.15) is 18.6 Å². The number of carbonyl (C=O) groups is 2. The quantitative estimate of drug-likeness (QED) is 0.650. The number of phenolic OH excluding ortho intramolecular Hbond substituents is 1. The Morgan fingerprint density at radius 3 is 2.57 bits per heavy atom. The van der Waals surface area contributed by atoms with E-state index in [2.05, 4.69) is 5.32 Å². The number of carboxylic acid groups (broad SMARTS) is 1. The summed E-state index contributed by atoms with van der Waals surface area (Å²) in [6.07, 6.45) is 0.961. The number of aromatic hydroxyl groups is 1. The molecule has 0 saturated carbocycles. The lowest BCUT2D eigenvalue weighted by Gasteiger charge is -2.22. The summed E-state index contributed by atoms with van der Waals surface area (Å²) in [4.78, 5) is 23.2. The molecule has 0 spiro atoms. The second-order valence-electron chi connectivity index (χ2n) is 6.17. The topological polar surface area (TPSA) is 114 Å². The number of fused-ring (bicyclic) bond motifs is 1. The van der Waals surface area contributed by atoms with Crippen molar-refractivity contribution in [3.05, 3.63) is 60.2 Å². The highest BCUT2D eigenvalue weighted by atomic mass is 16.7. The number of carbonyl (C=O) groups excluding carboxylic acids is 1. The fourth-order valence-electron chi connectivity index (χ4n) is 2.71. The molecule has 3 rings (SSSR count). The Hall–Kier alpha value is -3.68. The predicted octanol–water partition coefficient (Wildman–Crippen LogP) is 3.69. The van der Waals surface area contributed by atoms with E-state index in [-0.39, 0.29) is 12.5 Å². The Morgan fingerprint density at radius 2 is 1.86 bits per heavy atom. The van der Waals surface area contributed by atoms with Crippen molar-refractivity contribution in [2.45, 2.75) is 13.0 Å². The van der Waals surface area contributed by atoms with E-state index in [9.17, 15) is 14.7 Å². The van der Waals surface area contributed by atoms with Gasteiger partial charge < -0.3 is 24.4 Å². The van der Waals surface area contributed by atoms with Gasteiger partial charge >= 0.3 is 12.1 Å². The maximum absolute atomic E-state index is 12.4. The highest BCUT2D eigenvalue weighted by Crippen LogP contribution is 2.34. The van der Waals surface area contributed by atoms with Crippen molar-refractivity contribution < 1.29 is 34.0 Å². The molecule has 2 aromatic carbocycles. The summed E-state index contributed by atoms with van der Waals surface area (Å²) >= 11 is 0. The Labute approximate surface area is 161 Å². The van der Waals surface area contributed by atoms with Gasteiger partial charge in [-0.25, -0.2) is 9.59 Å². The standard InChI is InChI=1S/C20H19NO7/c1-12(2-9-18(23)24)19(13-3-6-15(22)7-4-13)28-20(25)21-14-5-8-16-17(10-14)27-11-26-16/h2-10,12,19,22H,11H2,1H3,(H,21,25)(H,23,24)/b9-2+/t12-,19+/m1/s1. The number of nitrogens with one attached hydrogen (secondary N) is 1. The lowest BCUT2D eigenvalue weighted by atomic mass is 9.96. The molecule has 8 nitrogen and oxygen atoms in total. The first-order valence-electron chi connectivity index (χ1n) is 8.49. The van der Waals surface area contributed by atoms with E-state index >= 15 is 0 Å². The van der Waals surface area contributed by atoms with E-state index < -0.39 is 24.1 Å². The van der Waals surface area contributed by atoms with Crippen molar-refractivity contribution in [1.29, 1.82) is 0 Å². The van der Waals surface area contributed by atoms with Crippen molar-refractivity contribution in [3.63, 3.8) is 0 Å². The molecule has 0 bridgehead atoms. The first kappa shape index (κ1) is 19.1. The highest BCUT2D eigenvalue weighted by Gasteiger charge is 2.23. The van der Waals surface area contributed by atoms with Crippen molar-refractivity contribution in [2.75, 3.05) is 12.1 Å². The zero-order chi connectivity index (χ0) is 20.1. The fraction of sp³-hybridized carbons (Fsp3) is 0.200. The molecule has 0 unspecified atom stereocenters. The number of amides is 1. The number of anilines is 1. The van der Waals surface area contributed by atoms with Crippen LogP contribution in [-0.4, -0.2) is 29.1 Å². The van der Waals surface area contributed by atoms with Gasteiger partial charge in [-0.3, -0.25) is 5.32 Å². The van der Waals surface area contributed by atoms with Crippen LogP contribution in [0.15, 0.2) is 54.6 Å². The second-order valence-corrected chi connectivity index (χ2v) is 6.17. The number of rotatable bonds is 6. The summed E-state index contributed by atoms with van der Waals surface area (Å²) in [6, 6.07) is 11.1. The van der Waals surface area contributed by atoms with Gasteiger partial charge in [0.05, 0.1) is 0 Å². The average Bonchev–Trinajstić information content (AvgIpc) is 3.13. The van der Waals surface area contributed by atoms with Gasteiger partial charge in [-0.2, -0.15) is 0 Å². The third-order valence-corrected chi connectivity index (χ3v) is 4.09. The van der Waals surface area contributed by atoms with Crippen LogP contribution in [0.5, 0.6) is 17.2 Å². The van der Waals surface area contributed by atoms with Crippen LogP contribution in [0.4, 0.5) is 10.5 Å². The van der Waals surface area contributed by atoms with Crippen LogP contribution in [0.2, 0.25) is 0 Å². The normalized spacial score (nSPS) is 14.5. The molecule has 8 heteroatoms. The Bertz CT molecular complexity index is 892. The zero-order valence-corrected chi connectivity index (χ0v) is 15.0. The van der Waals surface area contributed by atoms with Crippen molar-refractivity contribution >= 4 is 17.7 Å². The van der Waals surface area contributed by atoms with Gasteiger partial charge in [0.2, 0.25) is 6.79 Å². The first-order valence-corrected chi connectivity index (χ1v) is 8.49. The van der Waals surface area contributed by atoms with Crippen molar-refractivity contribution in [1.82, 2.24) is 0 Å². The number of ether oxygens (including phenoxy) is 3. The van der Waals surface area contributed by atoms with Crippen LogP contribution in [-0.2, 0) is 9.53 Å². The van der Waals surface area contributed by atoms with Crippen molar-refractivity contribution in [2.24, 2.45) is 5.92 Å². The number of hydrogen-bond acceptors (Lipinski definition) is 6. The van der Waals surface area contributed by atoms with Gasteiger partial charge in [0.1, 0.15) is 11.9 Å². The molecule has 0 aromatic heterocycles. The van der Waals surface area contributed by atoms with E-state index in [1.54, 1.807) is 37.3 Å². The molecule has 0 saturated heterocycles. The molecule has 146 valence electrons. The SMILES string of the molecule is C[C@H](/C=C/C(=O)O)[C@H](OC(=O)Nc1ccc2c(c1)OCO2)c1ccc(O)cc1. The van der Waals surface area contributed by atoms with Gasteiger partial charge in [-0.05, 0) is 29.8 Å². The molecule has 1 aliphatic heterocycles. The number of carboxylic acids is 1. The van der Waals surface area contributed by atoms with E-state index in [4.69, 9.17) is 19.3 Å². The van der Waals surface area contributed by atoms with E-state index in [1.165, 1.54) is 18.2 Å². The monoisotopic (exact) mass is 385 g/mol. The zero-order valence-electron chi connectivity index (χ0n) is 15.0. The molecule has 2 aromatic rings. The Morgan fingerprint density at radius 1 is 1.14 bits per heavy atom. The third kappa shape index (κ3) is 4.73. The van der Waals surface area contributed by atoms with Crippen LogP contribution in [0.3, 0.4) is 0 Å². The summed E-state index contributed by atoms with van der Waals surface area (Å²) in [5.41, 5.74) is 1.08. The Kier molecular flexibility index (Phi) is 5.69. The molecule has 0 radical (unpaired) electrons. The molecule has 2 atom stereocenters. The lowest BCUT2D eigenvalue weighted by molar-refractivity contribution is -0.131. The molecule has 28 heavy (non-hydrogen) atoms. The largest absolute Gasteiger partial charge is 0.508 e. The average molecular weight is 385 g/mol. The van der Waals surface area contributed by atoms with Gasteiger partial charge in [-0.1, -0.05) is 25.1 Å². The van der Waals surface area contributed by atoms with Crippen LogP contribution < -0.4 is 14.8 Å². The first-order chi connectivity index (χ1) is 13.4. The van der Waals surface area contributed by atoms with Crippen LogP contribution in [0.25, 0.3) is 0 Å². The molecular formula is C20H19NO7. The number of benzene rings is 2. The number of hydrogen-bond donors (Lipinski definition) is 3. The molecular weight excluding hydrogens is 366 g/mol. The molecule has 1 aliphatic rings. The smallest absolute Gasteiger partial charge is 0.412 e. The third-order valence-electron chi connectivity index (χ3n) is 4.09. The highest BCUT2D eigenvalue weighted by molar-refractivity contribution is 5.85. The Balaban J connectivity index is 1.75. The maximum atomic E-state index is 12.4. The van der Waals surface area contributed by atoms with Crippen LogP contribution in [0, 0.1) is 5.92 Å². The minimum absolute atomic E-state index is 0.0704. The van der Waals surface area contributed by atoms with E-state index in [1.807, 2.05) is 0 Å². The van der Waals surface area contributed by atoms with E-state index in [0.29, 0.717) is 22.7 Å². The second kappa shape index (κ2) is 8.34. The van der Waals surface area contributed by atoms with Gasteiger partial charge in [0.25, 0.3) is 0 Å². The summed E-state index contributed by atoms with van der Waals surface area (Å²) in [6.45, 7) is 1.85. The summed E-state index contributed by atoms with van der Waals surface area (Å²) in [5, 5.41) is 20.9. The summed E-state index contributed by atoms with van der Waals surface area (Å²) in [7, 11) is 0.